The first-order valence-electron chi connectivity index (χ1n) is 16.4. The first-order valence-corrected chi connectivity index (χ1v) is 18.3. The number of fused-ring (bicyclic) bond motifs is 2. The highest BCUT2D eigenvalue weighted by atomic mass is 32.2. The van der Waals surface area contributed by atoms with Crippen LogP contribution >= 0.6 is 0 Å². The van der Waals surface area contributed by atoms with Crippen molar-refractivity contribution in [2.75, 3.05) is 37.9 Å². The topological polar surface area (TPSA) is 143 Å². The van der Waals surface area contributed by atoms with Crippen LogP contribution in [0.1, 0.15) is 81.5 Å². The fourth-order valence-corrected chi connectivity index (χ4v) is 7.49. The van der Waals surface area contributed by atoms with E-state index in [2.05, 4.69) is 46.6 Å². The second-order valence-corrected chi connectivity index (χ2v) is 14.7. The van der Waals surface area contributed by atoms with Gasteiger partial charge in [0.25, 0.3) is 5.16 Å². The van der Waals surface area contributed by atoms with E-state index in [0.29, 0.717) is 45.0 Å². The molecule has 2 unspecified atom stereocenters. The largest absolute Gasteiger partial charge is 0.353 e. The molecule has 0 bridgehead atoms. The van der Waals surface area contributed by atoms with Gasteiger partial charge >= 0.3 is 0 Å². The fourth-order valence-electron chi connectivity index (χ4n) is 7.02. The maximum atomic E-state index is 12.1. The molecule has 4 aromatic rings. The van der Waals surface area contributed by atoms with E-state index in [4.69, 9.17) is 29.0 Å². The van der Waals surface area contributed by atoms with Gasteiger partial charge < -0.3 is 24.3 Å². The van der Waals surface area contributed by atoms with Crippen LogP contribution in [0.2, 0.25) is 0 Å². The summed E-state index contributed by atoms with van der Waals surface area (Å²) < 4.78 is 52.9. The summed E-state index contributed by atoms with van der Waals surface area (Å²) in [6.07, 6.45) is 12.9. The Kier molecular flexibility index (Phi) is 7.67. The lowest BCUT2D eigenvalue weighted by molar-refractivity contribution is -0.172. The highest BCUT2D eigenvalue weighted by Crippen LogP contribution is 2.45. The number of sulfone groups is 1. The standard InChI is InChI=1S/C33H39N7O6S/c1-3-4-17-34-30-36-29(27-8-7-26(40(27)37-30)23-9-13-32(14-10-23)43-18-19-44-32)28-21-45-33(46-28)15-11-22(12-16-33)25-6-5-24-20-35-31(38-39(24)25)47(2,41)42/h5-9,11,20,28H,3-4,10,12-19,21H2,1-2H3,(H,34,37). The lowest BCUT2D eigenvalue weighted by Gasteiger charge is -2.31. The van der Waals surface area contributed by atoms with Gasteiger partial charge in [0.2, 0.25) is 15.8 Å². The van der Waals surface area contributed by atoms with Gasteiger partial charge in [-0.1, -0.05) is 25.5 Å². The van der Waals surface area contributed by atoms with Crippen molar-refractivity contribution >= 4 is 38.0 Å². The zero-order valence-corrected chi connectivity index (χ0v) is 27.5. The number of ether oxygens (including phenoxy) is 4. The van der Waals surface area contributed by atoms with Gasteiger partial charge in [0.15, 0.2) is 11.6 Å². The van der Waals surface area contributed by atoms with Crippen LogP contribution in [0.25, 0.3) is 22.2 Å². The molecule has 1 N–H and O–H groups in total. The molecule has 2 atom stereocenters. The summed E-state index contributed by atoms with van der Waals surface area (Å²) >= 11 is 0. The minimum atomic E-state index is -3.54. The van der Waals surface area contributed by atoms with E-state index in [1.807, 2.05) is 16.6 Å². The van der Waals surface area contributed by atoms with Gasteiger partial charge in [-0.25, -0.2) is 27.4 Å². The van der Waals surface area contributed by atoms with E-state index in [1.165, 1.54) is 11.8 Å². The third-order valence-corrected chi connectivity index (χ3v) is 10.4. The van der Waals surface area contributed by atoms with Gasteiger partial charge in [0, 0.05) is 38.5 Å². The molecule has 2 fully saturated rings. The molecule has 13 nitrogen and oxygen atoms in total. The quantitative estimate of drug-likeness (QED) is 0.261. The molecule has 8 rings (SSSR count). The van der Waals surface area contributed by atoms with Crippen LogP contribution in [0.15, 0.2) is 47.8 Å². The number of anilines is 1. The van der Waals surface area contributed by atoms with Crippen LogP contribution in [0.3, 0.4) is 0 Å². The third-order valence-electron chi connectivity index (χ3n) is 9.56. The number of hydrogen-bond acceptors (Lipinski definition) is 11. The Morgan fingerprint density at radius 3 is 2.36 bits per heavy atom. The predicted molar refractivity (Wildman–Crippen MR) is 173 cm³/mol. The maximum Gasteiger partial charge on any atom is 0.265 e. The molecule has 14 heteroatoms. The molecule has 2 aliphatic carbocycles. The smallest absolute Gasteiger partial charge is 0.265 e. The summed E-state index contributed by atoms with van der Waals surface area (Å²) in [5.74, 6) is -0.689. The summed E-state index contributed by atoms with van der Waals surface area (Å²) in [6, 6.07) is 8.03. The number of aromatic nitrogens is 6. The minimum Gasteiger partial charge on any atom is -0.353 e. The highest BCUT2D eigenvalue weighted by molar-refractivity contribution is 7.90. The molecule has 0 amide bonds. The average molecular weight is 662 g/mol. The van der Waals surface area contributed by atoms with Crippen molar-refractivity contribution in [2.24, 2.45) is 0 Å². The predicted octanol–water partition coefficient (Wildman–Crippen LogP) is 4.75. The molecule has 4 aliphatic rings. The van der Waals surface area contributed by atoms with Crippen molar-refractivity contribution in [1.82, 2.24) is 29.2 Å². The molecule has 0 radical (unpaired) electrons. The van der Waals surface area contributed by atoms with Crippen molar-refractivity contribution in [3.63, 3.8) is 0 Å². The molecule has 2 spiro atoms. The molecule has 2 aliphatic heterocycles. The van der Waals surface area contributed by atoms with Crippen LogP contribution < -0.4 is 5.32 Å². The van der Waals surface area contributed by atoms with Gasteiger partial charge in [-0.05, 0) is 54.7 Å². The Labute approximate surface area is 272 Å². The van der Waals surface area contributed by atoms with Crippen molar-refractivity contribution in [3.8, 4) is 0 Å². The Morgan fingerprint density at radius 1 is 0.936 bits per heavy atom. The molecule has 2 saturated heterocycles. The van der Waals surface area contributed by atoms with Gasteiger partial charge in [-0.15, -0.1) is 10.2 Å². The normalized spacial score (nSPS) is 24.4. The molecular formula is C33H39N7O6S. The second kappa shape index (κ2) is 11.8. The Balaban J connectivity index is 1.06. The first-order chi connectivity index (χ1) is 22.7. The molecule has 47 heavy (non-hydrogen) atoms. The van der Waals surface area contributed by atoms with Crippen molar-refractivity contribution < 1.29 is 27.4 Å². The molecular weight excluding hydrogens is 622 g/mol. The van der Waals surface area contributed by atoms with E-state index in [-0.39, 0.29) is 11.3 Å². The number of hydrogen-bond donors (Lipinski definition) is 1. The molecule has 0 aromatic carbocycles. The lowest BCUT2D eigenvalue weighted by Crippen LogP contribution is -2.32. The van der Waals surface area contributed by atoms with Gasteiger partial charge in [-0.2, -0.15) is 0 Å². The Bertz CT molecular complexity index is 2010. The summed E-state index contributed by atoms with van der Waals surface area (Å²) in [5.41, 5.74) is 6.58. The van der Waals surface area contributed by atoms with Crippen molar-refractivity contribution in [3.05, 3.63) is 59.7 Å². The van der Waals surface area contributed by atoms with Gasteiger partial charge in [-0.3, -0.25) is 0 Å². The lowest BCUT2D eigenvalue weighted by atomic mass is 9.92. The number of nitrogens with one attached hydrogen (secondary N) is 1. The zero-order chi connectivity index (χ0) is 32.2. The molecule has 4 aromatic heterocycles. The number of allylic oxidation sites excluding steroid dienone is 2. The third kappa shape index (κ3) is 5.65. The van der Waals surface area contributed by atoms with Crippen LogP contribution in [0.5, 0.6) is 0 Å². The van der Waals surface area contributed by atoms with Gasteiger partial charge in [0.05, 0.1) is 48.4 Å². The van der Waals surface area contributed by atoms with Crippen LogP contribution in [-0.2, 0) is 28.8 Å². The zero-order valence-electron chi connectivity index (χ0n) is 26.6. The maximum absolute atomic E-state index is 12.1. The summed E-state index contributed by atoms with van der Waals surface area (Å²) in [6.45, 7) is 4.61. The van der Waals surface area contributed by atoms with E-state index >= 15 is 0 Å². The van der Waals surface area contributed by atoms with Crippen LogP contribution in [-0.4, -0.2) is 81.8 Å². The first kappa shape index (κ1) is 30.6. The monoisotopic (exact) mass is 661 g/mol. The molecule has 0 saturated carbocycles. The summed E-state index contributed by atoms with van der Waals surface area (Å²) in [4.78, 5) is 8.99. The molecule has 248 valence electrons. The number of nitrogens with zero attached hydrogens (tertiary/aromatic N) is 6. The molecule has 6 heterocycles. The number of rotatable bonds is 8. The second-order valence-electron chi connectivity index (χ2n) is 12.8. The SMILES string of the molecule is CCCCNc1nc(C2COC3(CC=C(c4ccc5cnc(S(C)(=O)=O)nn45)CC3)O2)c2ccc(C3=CCC4(CC3)OCCO4)n2n1. The van der Waals surface area contributed by atoms with Crippen molar-refractivity contribution in [1.29, 1.82) is 0 Å². The highest BCUT2D eigenvalue weighted by Gasteiger charge is 2.45. The van der Waals surface area contributed by atoms with Gasteiger partial charge in [0.1, 0.15) is 11.8 Å². The van der Waals surface area contributed by atoms with E-state index in [0.717, 1.165) is 78.6 Å². The van der Waals surface area contributed by atoms with E-state index < -0.39 is 21.4 Å². The summed E-state index contributed by atoms with van der Waals surface area (Å²) in [5, 5.41) is 12.5. The van der Waals surface area contributed by atoms with Crippen molar-refractivity contribution in [2.45, 2.75) is 81.1 Å². The minimum absolute atomic E-state index is 0.200. The Hall–Kier alpha value is -3.69. The fraction of sp³-hybridized carbons (Fsp3) is 0.515. The Morgan fingerprint density at radius 2 is 1.66 bits per heavy atom. The van der Waals surface area contributed by atoms with Crippen LogP contribution in [0.4, 0.5) is 5.95 Å². The average Bonchev–Trinajstić information content (AvgIpc) is 3.88. The van der Waals surface area contributed by atoms with E-state index in [1.54, 1.807) is 4.52 Å². The summed E-state index contributed by atoms with van der Waals surface area (Å²) in [7, 11) is -3.54. The van der Waals surface area contributed by atoms with Crippen LogP contribution in [0, 0.1) is 0 Å². The van der Waals surface area contributed by atoms with E-state index in [9.17, 15) is 8.42 Å². The number of unbranched alkanes of at least 4 members (excludes halogenated alkanes) is 1.